The largest absolute Gasteiger partial charge is 1.00 e. The third kappa shape index (κ3) is 11.6. The van der Waals surface area contributed by atoms with Gasteiger partial charge in [0.2, 0.25) is 0 Å². The molecule has 0 aromatic rings. The van der Waals surface area contributed by atoms with Crippen LogP contribution in [0.25, 0.3) is 0 Å². The van der Waals surface area contributed by atoms with Gasteiger partial charge < -0.3 is 23.5 Å². The Hall–Kier alpha value is 2.21. The maximum Gasteiger partial charge on any atom is 1.00 e. The number of fused-ring (bicyclic) bond motifs is 1. The van der Waals surface area contributed by atoms with E-state index in [0.717, 1.165) is 32.1 Å². The first kappa shape index (κ1) is 44.2. The van der Waals surface area contributed by atoms with Gasteiger partial charge in [0.1, 0.15) is 6.04 Å². The van der Waals surface area contributed by atoms with Crippen LogP contribution in [0.1, 0.15) is 77.6 Å². The van der Waals surface area contributed by atoms with Crippen LogP contribution in [0.2, 0.25) is 0 Å². The molecule has 0 aromatic carbocycles. The van der Waals surface area contributed by atoms with Gasteiger partial charge in [-0.05, 0) is 63.2 Å². The van der Waals surface area contributed by atoms with E-state index in [2.05, 4.69) is 15.5 Å². The van der Waals surface area contributed by atoms with E-state index in [9.17, 15) is 44.0 Å². The Morgan fingerprint density at radius 2 is 1.39 bits per heavy atom. The molecule has 4 saturated carbocycles. The molecule has 0 amide bonds. The van der Waals surface area contributed by atoms with Gasteiger partial charge in [-0.25, -0.2) is 25.3 Å². The predicted octanol–water partition coefficient (Wildman–Crippen LogP) is -8.20. The number of aliphatic hydroxyl groups is 1. The molecule has 20 heteroatoms. The second kappa shape index (κ2) is 18.4. The standard InChI is InChI=1S/C24H43N3O11S3.3Na/c1-14-7-8-18(20(9-14)40(32,33)34)26-27-23-21(41(35,36)37)11-15-10-17(39(29,30)31)12-19(22(15)24(23)28)25-13-38-16-5-3-2-4-6-16;;;/h14-25,28H,2-13H2,1H3,(H,29,30,31)(H,32,33,34)(H,35,36,37);;;/q;3*+1/p-3. The Bertz CT molecular complexity index is 1270. The summed E-state index contributed by atoms with van der Waals surface area (Å²) < 4.78 is 115. The average Bonchev–Trinajstić information content (AvgIpc) is 2.87. The number of nitrogens with one attached hydrogen (secondary N) is 1. The Morgan fingerprint density at radius 1 is 0.773 bits per heavy atom. The van der Waals surface area contributed by atoms with E-state index in [1.54, 1.807) is 6.92 Å². The van der Waals surface area contributed by atoms with Crippen molar-refractivity contribution >= 4 is 30.4 Å². The van der Waals surface area contributed by atoms with Crippen molar-refractivity contribution in [2.24, 2.45) is 28.0 Å². The zero-order chi connectivity index (χ0) is 30.2. The molecule has 238 valence electrons. The molecule has 4 aliphatic rings. The van der Waals surface area contributed by atoms with E-state index < -0.39 is 82.2 Å². The summed E-state index contributed by atoms with van der Waals surface area (Å²) in [5.74, 6) is -1.62. The van der Waals surface area contributed by atoms with E-state index in [1.165, 1.54) is 0 Å². The number of nitrogens with zero attached hydrogens (tertiary/aromatic N) is 2. The van der Waals surface area contributed by atoms with E-state index in [-0.39, 0.29) is 140 Å². The topological polar surface area (TPSA) is 238 Å². The molecule has 44 heavy (non-hydrogen) atoms. The molecule has 0 spiro atoms. The van der Waals surface area contributed by atoms with Crippen LogP contribution >= 0.6 is 0 Å². The van der Waals surface area contributed by atoms with Crippen LogP contribution in [0.15, 0.2) is 10.2 Å². The Morgan fingerprint density at radius 3 is 1.95 bits per heavy atom. The van der Waals surface area contributed by atoms with Crippen molar-refractivity contribution in [3.63, 3.8) is 0 Å². The SMILES string of the molecule is CC1CCC(N=NC2C(O)C3C(CC(S(=O)(=O)[O-])CC3NCOC3CCCCC3)CC2S(=O)(=O)[O-])C(S(=O)(=O)[O-])C1.[Na+].[Na+].[Na+]. The van der Waals surface area contributed by atoms with Gasteiger partial charge in [0.25, 0.3) is 0 Å². The first-order valence-electron chi connectivity index (χ1n) is 14.3. The van der Waals surface area contributed by atoms with Gasteiger partial charge in [-0.2, -0.15) is 10.2 Å². The average molecular weight is 712 g/mol. The van der Waals surface area contributed by atoms with Crippen molar-refractivity contribution in [3.05, 3.63) is 0 Å². The van der Waals surface area contributed by atoms with Crippen molar-refractivity contribution in [2.45, 2.75) is 124 Å². The van der Waals surface area contributed by atoms with E-state index in [4.69, 9.17) is 4.74 Å². The summed E-state index contributed by atoms with van der Waals surface area (Å²) in [5.41, 5.74) is 0. The first-order valence-corrected chi connectivity index (χ1v) is 18.7. The summed E-state index contributed by atoms with van der Waals surface area (Å²) in [6.07, 6.45) is 3.51. The molecule has 0 aliphatic heterocycles. The number of hydrogen-bond acceptors (Lipinski definition) is 14. The fourth-order valence-corrected chi connectivity index (χ4v) is 10.4. The summed E-state index contributed by atoms with van der Waals surface area (Å²) in [6, 6.07) is -3.37. The number of hydrogen-bond donors (Lipinski definition) is 2. The molecular weight excluding hydrogens is 671 g/mol. The Kier molecular flexibility index (Phi) is 18.5. The van der Waals surface area contributed by atoms with E-state index in [1.807, 2.05) is 0 Å². The van der Waals surface area contributed by atoms with Gasteiger partial charge in [0, 0.05) is 12.0 Å². The summed E-state index contributed by atoms with van der Waals surface area (Å²) >= 11 is 0. The third-order valence-electron chi connectivity index (χ3n) is 9.49. The molecule has 0 radical (unpaired) electrons. The van der Waals surface area contributed by atoms with Crippen LogP contribution in [0.4, 0.5) is 0 Å². The number of aliphatic hydroxyl groups excluding tert-OH is 1. The van der Waals surface area contributed by atoms with Crippen molar-refractivity contribution in [1.82, 2.24) is 5.32 Å². The monoisotopic (exact) mass is 711 g/mol. The molecule has 4 aliphatic carbocycles. The number of rotatable bonds is 9. The molecule has 2 N–H and O–H groups in total. The number of ether oxygens (including phenoxy) is 1. The van der Waals surface area contributed by atoms with Crippen LogP contribution in [0.5, 0.6) is 0 Å². The third-order valence-corrected chi connectivity index (χ3v) is 13.1. The molecule has 4 fully saturated rings. The maximum absolute atomic E-state index is 12.3. The van der Waals surface area contributed by atoms with Crippen LogP contribution in [0, 0.1) is 17.8 Å². The first-order chi connectivity index (χ1) is 19.1. The van der Waals surface area contributed by atoms with Crippen LogP contribution in [-0.4, -0.2) is 96.8 Å². The van der Waals surface area contributed by atoms with Gasteiger partial charge in [-0.15, -0.1) is 0 Å². The normalized spacial score (nSPS) is 37.2. The zero-order valence-corrected chi connectivity index (χ0v) is 34.4. The summed E-state index contributed by atoms with van der Waals surface area (Å²) in [7, 11) is -14.6. The molecule has 4 rings (SSSR count). The molecule has 0 saturated heterocycles. The Labute approximate surface area is 327 Å². The molecule has 0 heterocycles. The molecular formula is C24H40N3Na3O11S3. The van der Waals surface area contributed by atoms with Crippen molar-refractivity contribution in [1.29, 1.82) is 0 Å². The zero-order valence-electron chi connectivity index (χ0n) is 26.0. The van der Waals surface area contributed by atoms with Crippen LogP contribution in [0.3, 0.4) is 0 Å². The molecule has 0 bridgehead atoms. The second-order valence-corrected chi connectivity index (χ2v) is 17.1. The van der Waals surface area contributed by atoms with Gasteiger partial charge in [-0.3, -0.25) is 5.32 Å². The fourth-order valence-electron chi connectivity index (χ4n) is 7.32. The minimum absolute atomic E-state index is 0. The quantitative estimate of drug-likeness (QED) is 0.0982. The van der Waals surface area contributed by atoms with E-state index >= 15 is 0 Å². The van der Waals surface area contributed by atoms with Gasteiger partial charge in [0.15, 0.2) is 0 Å². The Balaban J connectivity index is 0.00000323. The second-order valence-electron chi connectivity index (χ2n) is 12.3. The van der Waals surface area contributed by atoms with Crippen LogP contribution in [-0.2, 0) is 35.1 Å². The molecule has 10 atom stereocenters. The minimum atomic E-state index is -5.08. The number of azo groups is 1. The van der Waals surface area contributed by atoms with Crippen molar-refractivity contribution in [3.8, 4) is 0 Å². The van der Waals surface area contributed by atoms with Crippen molar-refractivity contribution < 1.29 is 137 Å². The van der Waals surface area contributed by atoms with Gasteiger partial charge in [0.05, 0.1) is 71.1 Å². The van der Waals surface area contributed by atoms with Gasteiger partial charge in [-0.1, -0.05) is 26.2 Å². The van der Waals surface area contributed by atoms with Crippen molar-refractivity contribution in [2.75, 3.05) is 6.73 Å². The fraction of sp³-hybridized carbons (Fsp3) is 1.00. The molecule has 0 aromatic heterocycles. The molecule has 10 unspecified atom stereocenters. The smallest absolute Gasteiger partial charge is 0.748 e. The maximum atomic E-state index is 12.3. The van der Waals surface area contributed by atoms with Crippen LogP contribution < -0.4 is 94.0 Å². The summed E-state index contributed by atoms with van der Waals surface area (Å²) in [5, 5.41) is 18.1. The minimum Gasteiger partial charge on any atom is -0.748 e. The predicted molar refractivity (Wildman–Crippen MR) is 142 cm³/mol. The molecule has 14 nitrogen and oxygen atoms in total. The van der Waals surface area contributed by atoms with Gasteiger partial charge >= 0.3 is 88.7 Å². The summed E-state index contributed by atoms with van der Waals surface area (Å²) in [6.45, 7) is 1.83. The summed E-state index contributed by atoms with van der Waals surface area (Å²) in [4.78, 5) is 0. The van der Waals surface area contributed by atoms with E-state index in [0.29, 0.717) is 6.42 Å².